The smallest absolute Gasteiger partial charge is 0.273 e. The van der Waals surface area contributed by atoms with E-state index in [0.717, 1.165) is 17.5 Å². The molecule has 0 bridgehead atoms. The van der Waals surface area contributed by atoms with Gasteiger partial charge in [0, 0.05) is 16.8 Å². The summed E-state index contributed by atoms with van der Waals surface area (Å²) in [4.78, 5) is 10.1. The summed E-state index contributed by atoms with van der Waals surface area (Å²) in [5.41, 5.74) is 0.983. The van der Waals surface area contributed by atoms with E-state index in [9.17, 15) is 15.2 Å². The maximum Gasteiger partial charge on any atom is 0.273 e. The first-order valence-electron chi connectivity index (χ1n) is 7.00. The van der Waals surface area contributed by atoms with E-state index in [1.165, 1.54) is 28.0 Å². The van der Waals surface area contributed by atoms with E-state index in [1.54, 1.807) is 0 Å². The van der Waals surface area contributed by atoms with Gasteiger partial charge in [-0.2, -0.15) is 14.9 Å². The third kappa shape index (κ3) is 3.19. The summed E-state index contributed by atoms with van der Waals surface area (Å²) >= 11 is 5.83. The van der Waals surface area contributed by atoms with Crippen molar-refractivity contribution in [1.29, 1.82) is 0 Å². The fraction of sp³-hybridized carbons (Fsp3) is 0.143. The van der Waals surface area contributed by atoms with Crippen LogP contribution in [0.1, 0.15) is 17.0 Å². The van der Waals surface area contributed by atoms with Gasteiger partial charge in [-0.25, -0.2) is 4.68 Å². The molecular weight excluding hydrogens is 350 g/mol. The van der Waals surface area contributed by atoms with E-state index < -0.39 is 16.4 Å². The fourth-order valence-electron chi connectivity index (χ4n) is 2.23. The van der Waals surface area contributed by atoms with Crippen molar-refractivity contribution in [2.24, 2.45) is 5.10 Å². The first-order chi connectivity index (χ1) is 11.9. The number of hydrogen-bond donors (Lipinski definition) is 0. The van der Waals surface area contributed by atoms with Crippen LogP contribution in [0.15, 0.2) is 29.6 Å². The Balaban J connectivity index is 2.01. The van der Waals surface area contributed by atoms with E-state index in [4.69, 9.17) is 11.6 Å². The Hall–Kier alpha value is -3.27. The largest absolute Gasteiger partial charge is 0.867 e. The molecule has 10 nitrogen and oxygen atoms in total. The predicted octanol–water partition coefficient (Wildman–Crippen LogP) is 1.60. The molecule has 2 heterocycles. The summed E-state index contributed by atoms with van der Waals surface area (Å²) in [6.07, 6.45) is 2.49. The predicted molar refractivity (Wildman–Crippen MR) is 87.2 cm³/mol. The Morgan fingerprint density at radius 1 is 1.32 bits per heavy atom. The van der Waals surface area contributed by atoms with Crippen molar-refractivity contribution in [2.45, 2.75) is 13.8 Å². The number of aromatic nitrogens is 5. The minimum atomic E-state index is -0.786. The molecule has 3 rings (SSSR count). The number of hydrogen-bond acceptors (Lipinski definition) is 7. The standard InChI is InChI=1S/C14H12ClN7O3/c1-8-3-9(2)21(19-8)14-18-16-7-20(14)17-6-10-4-11(15)5-12(13(10)23)22(24)25/h3-7,23H,1-2H3/p-1/b17-6-. The molecular formula is C14H11ClN7O3-. The number of aryl methyl sites for hydroxylation is 2. The minimum Gasteiger partial charge on any atom is -0.867 e. The highest BCUT2D eigenvalue weighted by atomic mass is 35.5. The molecule has 0 atom stereocenters. The number of benzene rings is 1. The molecule has 11 heteroatoms. The Kier molecular flexibility index (Phi) is 4.19. The van der Waals surface area contributed by atoms with Gasteiger partial charge >= 0.3 is 0 Å². The van der Waals surface area contributed by atoms with Crippen LogP contribution in [0.25, 0.3) is 5.95 Å². The van der Waals surface area contributed by atoms with Gasteiger partial charge in [0.2, 0.25) is 0 Å². The van der Waals surface area contributed by atoms with Crippen LogP contribution in [0.4, 0.5) is 5.69 Å². The normalized spacial score (nSPS) is 11.3. The van der Waals surface area contributed by atoms with E-state index in [2.05, 4.69) is 20.4 Å². The monoisotopic (exact) mass is 360 g/mol. The molecule has 0 spiro atoms. The van der Waals surface area contributed by atoms with Crippen LogP contribution in [0, 0.1) is 24.0 Å². The van der Waals surface area contributed by atoms with E-state index in [1.807, 2.05) is 19.9 Å². The minimum absolute atomic E-state index is 0.0211. The van der Waals surface area contributed by atoms with Crippen molar-refractivity contribution in [1.82, 2.24) is 24.7 Å². The lowest BCUT2D eigenvalue weighted by Gasteiger charge is -2.10. The first-order valence-corrected chi connectivity index (χ1v) is 7.37. The summed E-state index contributed by atoms with van der Waals surface area (Å²) in [5, 5.41) is 39.1. The second kappa shape index (κ2) is 6.32. The van der Waals surface area contributed by atoms with E-state index in [0.29, 0.717) is 5.95 Å². The molecule has 0 aliphatic rings. The summed E-state index contributed by atoms with van der Waals surface area (Å²) in [6, 6.07) is 4.16. The SMILES string of the molecule is Cc1cc(C)n(-c2nncn2/N=C\c2cc(Cl)cc([N+](=O)[O-])c2[O-])n1. The number of nitrogens with zero attached hydrogens (tertiary/aromatic N) is 7. The Morgan fingerprint density at radius 2 is 2.08 bits per heavy atom. The molecule has 3 aromatic rings. The van der Waals surface area contributed by atoms with Crippen molar-refractivity contribution in [3.05, 3.63) is 56.6 Å². The fourth-order valence-corrected chi connectivity index (χ4v) is 2.45. The Morgan fingerprint density at radius 3 is 2.72 bits per heavy atom. The molecule has 0 radical (unpaired) electrons. The molecule has 128 valence electrons. The van der Waals surface area contributed by atoms with Crippen molar-refractivity contribution in [2.75, 3.05) is 0 Å². The number of nitro benzene ring substituents is 1. The number of halogens is 1. The van der Waals surface area contributed by atoms with Crippen molar-refractivity contribution in [3.63, 3.8) is 0 Å². The highest BCUT2D eigenvalue weighted by Gasteiger charge is 2.13. The quantitative estimate of drug-likeness (QED) is 0.395. The summed E-state index contributed by atoms with van der Waals surface area (Å²) in [6.45, 7) is 3.68. The molecule has 0 unspecified atom stereocenters. The van der Waals surface area contributed by atoms with Crippen LogP contribution in [0.3, 0.4) is 0 Å². The molecule has 2 aromatic heterocycles. The van der Waals surface area contributed by atoms with E-state index in [-0.39, 0.29) is 10.6 Å². The summed E-state index contributed by atoms with van der Waals surface area (Å²) in [7, 11) is 0. The van der Waals surface area contributed by atoms with Crippen LogP contribution in [0.2, 0.25) is 5.02 Å². The van der Waals surface area contributed by atoms with Crippen LogP contribution in [-0.2, 0) is 0 Å². The van der Waals surface area contributed by atoms with Crippen LogP contribution in [-0.4, -0.2) is 35.8 Å². The van der Waals surface area contributed by atoms with Gasteiger partial charge in [-0.05, 0) is 37.3 Å². The van der Waals surface area contributed by atoms with Gasteiger partial charge in [0.15, 0.2) is 0 Å². The zero-order valence-corrected chi connectivity index (χ0v) is 13.9. The zero-order chi connectivity index (χ0) is 18.1. The lowest BCUT2D eigenvalue weighted by atomic mass is 10.2. The molecule has 25 heavy (non-hydrogen) atoms. The molecule has 0 N–H and O–H groups in total. The number of rotatable bonds is 4. The molecule has 0 amide bonds. The Labute approximate surface area is 146 Å². The third-order valence-electron chi connectivity index (χ3n) is 3.29. The van der Waals surface area contributed by atoms with Gasteiger partial charge in [-0.15, -0.1) is 10.2 Å². The van der Waals surface area contributed by atoms with Crippen LogP contribution >= 0.6 is 11.6 Å². The van der Waals surface area contributed by atoms with Gasteiger partial charge in [-0.1, -0.05) is 11.6 Å². The second-order valence-corrected chi connectivity index (χ2v) is 5.60. The Bertz CT molecular complexity index is 992. The topological polar surface area (TPSA) is 127 Å². The lowest BCUT2D eigenvalue weighted by molar-refractivity contribution is -0.398. The molecule has 1 aromatic carbocycles. The van der Waals surface area contributed by atoms with Gasteiger partial charge in [0.05, 0.1) is 16.8 Å². The van der Waals surface area contributed by atoms with E-state index >= 15 is 0 Å². The first kappa shape index (κ1) is 16.6. The highest BCUT2D eigenvalue weighted by Crippen LogP contribution is 2.30. The maximum atomic E-state index is 12.1. The average Bonchev–Trinajstić information content (AvgIpc) is 3.13. The van der Waals surface area contributed by atoms with Gasteiger partial charge in [-0.3, -0.25) is 10.1 Å². The summed E-state index contributed by atoms with van der Waals surface area (Å²) in [5.74, 6) is -0.468. The van der Waals surface area contributed by atoms with Crippen molar-refractivity contribution >= 4 is 23.5 Å². The van der Waals surface area contributed by atoms with Gasteiger partial charge < -0.3 is 5.11 Å². The maximum absolute atomic E-state index is 12.1. The molecule has 0 saturated heterocycles. The van der Waals surface area contributed by atoms with Crippen LogP contribution < -0.4 is 5.11 Å². The average molecular weight is 361 g/mol. The molecule has 0 saturated carbocycles. The number of nitro groups is 1. The van der Waals surface area contributed by atoms with Crippen molar-refractivity contribution < 1.29 is 10.0 Å². The molecule has 0 fully saturated rings. The third-order valence-corrected chi connectivity index (χ3v) is 3.51. The van der Waals surface area contributed by atoms with Gasteiger partial charge in [0.1, 0.15) is 6.33 Å². The van der Waals surface area contributed by atoms with Crippen LogP contribution in [0.5, 0.6) is 5.75 Å². The second-order valence-electron chi connectivity index (χ2n) is 5.16. The molecule has 0 aliphatic carbocycles. The van der Waals surface area contributed by atoms with Gasteiger partial charge in [0.25, 0.3) is 11.6 Å². The van der Waals surface area contributed by atoms with Crippen molar-refractivity contribution in [3.8, 4) is 11.7 Å². The highest BCUT2D eigenvalue weighted by molar-refractivity contribution is 6.31. The zero-order valence-electron chi connectivity index (χ0n) is 13.1. The lowest BCUT2D eigenvalue weighted by Crippen LogP contribution is -2.07. The summed E-state index contributed by atoms with van der Waals surface area (Å²) < 4.78 is 2.84. The molecule has 0 aliphatic heterocycles.